The van der Waals surface area contributed by atoms with E-state index in [2.05, 4.69) is 15.3 Å². The number of halogens is 2. The van der Waals surface area contributed by atoms with Crippen molar-refractivity contribution in [1.29, 1.82) is 0 Å². The Labute approximate surface area is 121 Å². The summed E-state index contributed by atoms with van der Waals surface area (Å²) in [6, 6.07) is 6.10. The van der Waals surface area contributed by atoms with Gasteiger partial charge in [-0.25, -0.2) is 14.4 Å². The monoisotopic (exact) mass is 295 g/mol. The minimum Gasteiger partial charge on any atom is -0.374 e. The Morgan fingerprint density at radius 2 is 2.10 bits per heavy atom. The minimum atomic E-state index is -0.723. The van der Waals surface area contributed by atoms with Crippen molar-refractivity contribution in [2.45, 2.75) is 26.5 Å². The molecule has 0 aliphatic carbocycles. The minimum absolute atomic E-state index is 0.0260. The molecule has 4 nitrogen and oxygen atoms in total. The van der Waals surface area contributed by atoms with Crippen LogP contribution in [0.2, 0.25) is 5.02 Å². The van der Waals surface area contributed by atoms with Crippen LogP contribution in [0.4, 0.5) is 10.2 Å². The average Bonchev–Trinajstić information content (AvgIpc) is 2.40. The van der Waals surface area contributed by atoms with E-state index in [0.717, 1.165) is 12.1 Å². The van der Waals surface area contributed by atoms with Crippen LogP contribution in [0.25, 0.3) is 11.4 Å². The van der Waals surface area contributed by atoms with E-state index in [0.29, 0.717) is 17.2 Å². The average molecular weight is 296 g/mol. The standard InChI is InChI=1S/C14H15ClFN3O/c1-3-10-7-13(17-8(2)20)19-14(18-10)9-4-5-12(16)11(15)6-9/h4-8,20H,3H2,1-2H3,(H,17,18,19). The van der Waals surface area contributed by atoms with Crippen LogP contribution in [0.3, 0.4) is 0 Å². The largest absolute Gasteiger partial charge is 0.374 e. The lowest BCUT2D eigenvalue weighted by molar-refractivity contribution is 0.224. The van der Waals surface area contributed by atoms with Crippen LogP contribution >= 0.6 is 11.6 Å². The Morgan fingerprint density at radius 3 is 2.70 bits per heavy atom. The predicted octanol–water partition coefficient (Wildman–Crippen LogP) is 3.25. The summed E-state index contributed by atoms with van der Waals surface area (Å²) < 4.78 is 13.2. The third-order valence-corrected chi connectivity index (χ3v) is 2.97. The summed E-state index contributed by atoms with van der Waals surface area (Å²) in [5.74, 6) is 0.473. The molecular weight excluding hydrogens is 281 g/mol. The molecule has 20 heavy (non-hydrogen) atoms. The maximum atomic E-state index is 13.2. The van der Waals surface area contributed by atoms with Gasteiger partial charge in [-0.1, -0.05) is 18.5 Å². The van der Waals surface area contributed by atoms with Crippen LogP contribution < -0.4 is 5.32 Å². The van der Waals surface area contributed by atoms with Crippen LogP contribution in [-0.4, -0.2) is 21.3 Å². The maximum Gasteiger partial charge on any atom is 0.161 e. The summed E-state index contributed by atoms with van der Waals surface area (Å²) in [5, 5.41) is 12.2. The molecule has 0 saturated carbocycles. The van der Waals surface area contributed by atoms with Crippen molar-refractivity contribution in [1.82, 2.24) is 9.97 Å². The van der Waals surface area contributed by atoms with E-state index in [9.17, 15) is 9.50 Å². The Hall–Kier alpha value is -1.72. The molecule has 2 rings (SSSR count). The Bertz CT molecular complexity index is 619. The summed E-state index contributed by atoms with van der Waals surface area (Å²) in [6.45, 7) is 3.57. The van der Waals surface area contributed by atoms with Gasteiger partial charge in [-0.15, -0.1) is 0 Å². The van der Waals surface area contributed by atoms with Crippen molar-refractivity contribution in [3.05, 3.63) is 40.8 Å². The van der Waals surface area contributed by atoms with Gasteiger partial charge < -0.3 is 10.4 Å². The topological polar surface area (TPSA) is 58.0 Å². The quantitative estimate of drug-likeness (QED) is 0.850. The van der Waals surface area contributed by atoms with Gasteiger partial charge in [-0.05, 0) is 31.5 Å². The molecule has 1 unspecified atom stereocenters. The number of anilines is 1. The number of hydrogen-bond donors (Lipinski definition) is 2. The fourth-order valence-corrected chi connectivity index (χ4v) is 1.91. The number of rotatable bonds is 4. The van der Waals surface area contributed by atoms with Gasteiger partial charge in [-0.3, -0.25) is 0 Å². The van der Waals surface area contributed by atoms with Crippen molar-refractivity contribution >= 4 is 17.4 Å². The van der Waals surface area contributed by atoms with E-state index < -0.39 is 12.0 Å². The zero-order valence-electron chi connectivity index (χ0n) is 11.2. The molecule has 0 aliphatic heterocycles. The SMILES string of the molecule is CCc1cc(NC(C)O)nc(-c2ccc(F)c(Cl)c2)n1. The van der Waals surface area contributed by atoms with E-state index in [1.165, 1.54) is 12.1 Å². The highest BCUT2D eigenvalue weighted by Gasteiger charge is 2.09. The molecule has 0 saturated heterocycles. The summed E-state index contributed by atoms with van der Waals surface area (Å²) in [7, 11) is 0. The number of aliphatic hydroxyl groups is 1. The molecule has 0 spiro atoms. The van der Waals surface area contributed by atoms with Crippen LogP contribution in [0.15, 0.2) is 24.3 Å². The van der Waals surface area contributed by atoms with Crippen molar-refractivity contribution in [3.63, 3.8) is 0 Å². The van der Waals surface area contributed by atoms with Gasteiger partial charge in [0, 0.05) is 17.3 Å². The van der Waals surface area contributed by atoms with Gasteiger partial charge in [0.15, 0.2) is 5.82 Å². The number of nitrogens with one attached hydrogen (secondary N) is 1. The summed E-state index contributed by atoms with van der Waals surface area (Å²) in [4.78, 5) is 8.69. The van der Waals surface area contributed by atoms with E-state index in [1.807, 2.05) is 6.92 Å². The zero-order chi connectivity index (χ0) is 14.7. The van der Waals surface area contributed by atoms with Gasteiger partial charge in [0.05, 0.1) is 5.02 Å². The zero-order valence-corrected chi connectivity index (χ0v) is 11.9. The normalized spacial score (nSPS) is 12.2. The highest BCUT2D eigenvalue weighted by Crippen LogP contribution is 2.24. The first-order valence-corrected chi connectivity index (χ1v) is 6.65. The van der Waals surface area contributed by atoms with Crippen molar-refractivity contribution in [2.24, 2.45) is 0 Å². The van der Waals surface area contributed by atoms with Crippen LogP contribution in [-0.2, 0) is 6.42 Å². The molecule has 0 fully saturated rings. The Morgan fingerprint density at radius 1 is 1.35 bits per heavy atom. The molecule has 2 N–H and O–H groups in total. The molecular formula is C14H15ClFN3O. The van der Waals surface area contributed by atoms with Gasteiger partial charge in [0.2, 0.25) is 0 Å². The molecule has 1 aromatic carbocycles. The van der Waals surface area contributed by atoms with E-state index in [-0.39, 0.29) is 5.02 Å². The fourth-order valence-electron chi connectivity index (χ4n) is 1.73. The fraction of sp³-hybridized carbons (Fsp3) is 0.286. The summed E-state index contributed by atoms with van der Waals surface area (Å²) >= 11 is 5.78. The number of benzene rings is 1. The van der Waals surface area contributed by atoms with Crippen LogP contribution in [0.5, 0.6) is 0 Å². The summed E-state index contributed by atoms with van der Waals surface area (Å²) in [5.41, 5.74) is 1.44. The van der Waals surface area contributed by atoms with E-state index in [1.54, 1.807) is 19.1 Å². The summed E-state index contributed by atoms with van der Waals surface area (Å²) in [6.07, 6.45) is -0.00174. The third kappa shape index (κ3) is 3.43. The molecule has 2 aromatic rings. The molecule has 0 aliphatic rings. The Balaban J connectivity index is 2.46. The second kappa shape index (κ2) is 6.15. The predicted molar refractivity (Wildman–Crippen MR) is 77.1 cm³/mol. The lowest BCUT2D eigenvalue weighted by Gasteiger charge is -2.11. The molecule has 6 heteroatoms. The second-order valence-corrected chi connectivity index (χ2v) is 4.78. The lowest BCUT2D eigenvalue weighted by atomic mass is 10.2. The maximum absolute atomic E-state index is 13.2. The number of aryl methyl sites for hydroxylation is 1. The van der Waals surface area contributed by atoms with Gasteiger partial charge in [0.1, 0.15) is 17.9 Å². The van der Waals surface area contributed by atoms with Gasteiger partial charge >= 0.3 is 0 Å². The third-order valence-electron chi connectivity index (χ3n) is 2.68. The Kier molecular flexibility index (Phi) is 4.52. The highest BCUT2D eigenvalue weighted by atomic mass is 35.5. The first kappa shape index (κ1) is 14.7. The number of hydrogen-bond acceptors (Lipinski definition) is 4. The number of aliphatic hydroxyl groups excluding tert-OH is 1. The molecule has 0 amide bonds. The first-order valence-electron chi connectivity index (χ1n) is 6.27. The van der Waals surface area contributed by atoms with Crippen LogP contribution in [0.1, 0.15) is 19.5 Å². The molecule has 1 atom stereocenters. The van der Waals surface area contributed by atoms with Crippen molar-refractivity contribution < 1.29 is 9.50 Å². The smallest absolute Gasteiger partial charge is 0.161 e. The van der Waals surface area contributed by atoms with Gasteiger partial charge in [0.25, 0.3) is 0 Å². The van der Waals surface area contributed by atoms with Crippen molar-refractivity contribution in [3.8, 4) is 11.4 Å². The number of aromatic nitrogens is 2. The van der Waals surface area contributed by atoms with Crippen molar-refractivity contribution in [2.75, 3.05) is 5.32 Å². The molecule has 1 heterocycles. The van der Waals surface area contributed by atoms with Gasteiger partial charge in [-0.2, -0.15) is 0 Å². The van der Waals surface area contributed by atoms with E-state index >= 15 is 0 Å². The highest BCUT2D eigenvalue weighted by molar-refractivity contribution is 6.31. The molecule has 0 radical (unpaired) electrons. The lowest BCUT2D eigenvalue weighted by Crippen LogP contribution is -2.15. The van der Waals surface area contributed by atoms with Crippen LogP contribution in [0, 0.1) is 5.82 Å². The molecule has 0 bridgehead atoms. The second-order valence-electron chi connectivity index (χ2n) is 4.37. The first-order chi connectivity index (χ1) is 9.49. The molecule has 106 valence electrons. The molecule has 1 aromatic heterocycles. The van der Waals surface area contributed by atoms with E-state index in [4.69, 9.17) is 11.6 Å². The number of nitrogens with zero attached hydrogens (tertiary/aromatic N) is 2.